The molecule has 6 heteroatoms. The lowest BCUT2D eigenvalue weighted by atomic mass is 10.2. The number of hydrogen-bond acceptors (Lipinski definition) is 4. The number of nitrogens with zero attached hydrogens (tertiary/aromatic N) is 2. The summed E-state index contributed by atoms with van der Waals surface area (Å²) in [4.78, 5) is 27.5. The quantitative estimate of drug-likeness (QED) is 0.251. The molecule has 0 aromatic rings. The fraction of sp³-hybridized carbons (Fsp3) is 0.769. The monoisotopic (exact) mass is 272 g/mol. The van der Waals surface area contributed by atoms with E-state index >= 15 is 0 Å². The first kappa shape index (κ1) is 17.4. The lowest BCUT2D eigenvalue weighted by Gasteiger charge is -2.16. The molecule has 6 nitrogen and oxygen atoms in total. The van der Waals surface area contributed by atoms with Crippen molar-refractivity contribution in [1.29, 1.82) is 0 Å². The maximum atomic E-state index is 11.7. The maximum Gasteiger partial charge on any atom is 0.294 e. The molecule has 0 unspecified atom stereocenters. The highest BCUT2D eigenvalue weighted by molar-refractivity contribution is 5.75. The van der Waals surface area contributed by atoms with Crippen LogP contribution in [0.5, 0.6) is 0 Å². The van der Waals surface area contributed by atoms with E-state index in [1.165, 1.54) is 0 Å². The van der Waals surface area contributed by atoms with Crippen LogP contribution in [-0.4, -0.2) is 36.1 Å². The fourth-order valence-electron chi connectivity index (χ4n) is 1.56. The van der Waals surface area contributed by atoms with Crippen LogP contribution < -0.4 is 0 Å². The molecule has 0 aliphatic rings. The number of allylic oxidation sites excluding steroid dienone is 2. The Labute approximate surface area is 114 Å². The summed E-state index contributed by atoms with van der Waals surface area (Å²) in [5.74, 6) is 0.125. The average Bonchev–Trinajstić information content (AvgIpc) is 2.37. The summed E-state index contributed by atoms with van der Waals surface area (Å²) in [6, 6.07) is 0. The van der Waals surface area contributed by atoms with Crippen LogP contribution in [0.1, 0.15) is 45.4 Å². The first-order valence-corrected chi connectivity index (χ1v) is 6.74. The van der Waals surface area contributed by atoms with Crippen LogP contribution in [0, 0.1) is 10.1 Å². The molecule has 0 atom stereocenters. The van der Waals surface area contributed by atoms with Crippen molar-refractivity contribution >= 4 is 5.91 Å². The van der Waals surface area contributed by atoms with Crippen LogP contribution in [0.2, 0.25) is 0 Å². The second-order valence-electron chi connectivity index (χ2n) is 4.35. The lowest BCUT2D eigenvalue weighted by Crippen LogP contribution is -2.27. The Hall–Kier alpha value is -1.59. The normalized spacial score (nSPS) is 10.6. The zero-order chi connectivity index (χ0) is 14.5. The number of rotatable bonds is 11. The number of amides is 1. The van der Waals surface area contributed by atoms with Gasteiger partial charge in [0.15, 0.2) is 0 Å². The van der Waals surface area contributed by atoms with Crippen molar-refractivity contribution in [3.63, 3.8) is 0 Å². The Morgan fingerprint density at radius 2 is 2.05 bits per heavy atom. The van der Waals surface area contributed by atoms with Crippen LogP contribution in [-0.2, 0) is 9.63 Å². The molecule has 0 heterocycles. The Balaban J connectivity index is 3.53. The fourth-order valence-corrected chi connectivity index (χ4v) is 1.56. The average molecular weight is 272 g/mol. The Kier molecular flexibility index (Phi) is 10.5. The minimum Gasteiger partial charge on any atom is -0.346 e. The Bertz CT molecular complexity index is 292. The minimum absolute atomic E-state index is 0.0941. The second-order valence-corrected chi connectivity index (χ2v) is 4.35. The third kappa shape index (κ3) is 11.2. The molecule has 0 aliphatic heterocycles. The highest BCUT2D eigenvalue weighted by Gasteiger charge is 2.07. The van der Waals surface area contributed by atoms with Crippen molar-refractivity contribution in [2.45, 2.75) is 45.4 Å². The molecule has 0 bridgehead atoms. The van der Waals surface area contributed by atoms with Gasteiger partial charge in [-0.05, 0) is 32.1 Å². The molecule has 19 heavy (non-hydrogen) atoms. The summed E-state index contributed by atoms with van der Waals surface area (Å²) in [6.45, 7) is 2.79. The molecule has 0 saturated carbocycles. The third-order valence-corrected chi connectivity index (χ3v) is 2.67. The summed E-state index contributed by atoms with van der Waals surface area (Å²) < 4.78 is 0. The van der Waals surface area contributed by atoms with E-state index in [0.717, 1.165) is 19.3 Å². The van der Waals surface area contributed by atoms with E-state index in [0.29, 0.717) is 25.8 Å². The van der Waals surface area contributed by atoms with E-state index in [1.807, 2.05) is 0 Å². The summed E-state index contributed by atoms with van der Waals surface area (Å²) in [6.07, 6.45) is 8.87. The first-order chi connectivity index (χ1) is 9.07. The molecule has 0 N–H and O–H groups in total. The molecule has 0 aromatic heterocycles. The van der Waals surface area contributed by atoms with Gasteiger partial charge in [-0.15, -0.1) is 10.1 Å². The molecule has 0 fully saturated rings. The minimum atomic E-state index is -0.793. The Morgan fingerprint density at radius 3 is 2.68 bits per heavy atom. The molecular weight excluding hydrogens is 248 g/mol. The summed E-state index contributed by atoms with van der Waals surface area (Å²) in [7, 11) is 1.76. The molecule has 0 aromatic carbocycles. The largest absolute Gasteiger partial charge is 0.346 e. The van der Waals surface area contributed by atoms with Crippen molar-refractivity contribution < 1.29 is 14.7 Å². The molecular formula is C13H24N2O4. The zero-order valence-corrected chi connectivity index (χ0v) is 11.8. The molecule has 1 amide bonds. The van der Waals surface area contributed by atoms with Crippen LogP contribution in [0.4, 0.5) is 0 Å². The summed E-state index contributed by atoms with van der Waals surface area (Å²) in [5.41, 5.74) is 0. The Morgan fingerprint density at radius 1 is 1.32 bits per heavy atom. The topological polar surface area (TPSA) is 72.7 Å². The summed E-state index contributed by atoms with van der Waals surface area (Å²) in [5, 5.41) is 9.12. The number of unbranched alkanes of at least 4 members (excludes halogenated alkanes) is 2. The van der Waals surface area contributed by atoms with E-state index in [1.54, 1.807) is 11.9 Å². The number of carbonyl (C=O) groups is 1. The van der Waals surface area contributed by atoms with Gasteiger partial charge in [0.1, 0.15) is 0 Å². The van der Waals surface area contributed by atoms with Crippen LogP contribution in [0.25, 0.3) is 0 Å². The number of carbonyl (C=O) groups excluding carboxylic acids is 1. The van der Waals surface area contributed by atoms with E-state index in [9.17, 15) is 14.9 Å². The second kappa shape index (κ2) is 11.5. The van der Waals surface area contributed by atoms with Crippen molar-refractivity contribution in [2.24, 2.45) is 0 Å². The number of hydrogen-bond donors (Lipinski definition) is 0. The van der Waals surface area contributed by atoms with Gasteiger partial charge in [-0.2, -0.15) is 0 Å². The van der Waals surface area contributed by atoms with Gasteiger partial charge in [0.05, 0.1) is 6.61 Å². The lowest BCUT2D eigenvalue weighted by molar-refractivity contribution is -0.757. The smallest absolute Gasteiger partial charge is 0.294 e. The van der Waals surface area contributed by atoms with E-state index in [2.05, 4.69) is 23.9 Å². The van der Waals surface area contributed by atoms with Gasteiger partial charge < -0.3 is 9.74 Å². The predicted molar refractivity (Wildman–Crippen MR) is 73.1 cm³/mol. The molecule has 0 radical (unpaired) electrons. The highest BCUT2D eigenvalue weighted by Crippen LogP contribution is 2.02. The van der Waals surface area contributed by atoms with Gasteiger partial charge in [-0.1, -0.05) is 19.1 Å². The van der Waals surface area contributed by atoms with Gasteiger partial charge in [-0.3, -0.25) is 4.79 Å². The molecule has 110 valence electrons. The zero-order valence-electron chi connectivity index (χ0n) is 11.8. The molecule has 0 aliphatic carbocycles. The maximum absolute atomic E-state index is 11.7. The van der Waals surface area contributed by atoms with Crippen molar-refractivity contribution in [1.82, 2.24) is 4.90 Å². The highest BCUT2D eigenvalue weighted by atomic mass is 16.9. The van der Waals surface area contributed by atoms with E-state index in [-0.39, 0.29) is 12.5 Å². The van der Waals surface area contributed by atoms with Gasteiger partial charge in [0.2, 0.25) is 5.91 Å². The van der Waals surface area contributed by atoms with Gasteiger partial charge in [-0.25, -0.2) is 0 Å². The van der Waals surface area contributed by atoms with E-state index in [4.69, 9.17) is 0 Å². The van der Waals surface area contributed by atoms with Crippen LogP contribution in [0.3, 0.4) is 0 Å². The third-order valence-electron chi connectivity index (χ3n) is 2.67. The van der Waals surface area contributed by atoms with Crippen LogP contribution in [0.15, 0.2) is 12.2 Å². The van der Waals surface area contributed by atoms with Crippen LogP contribution >= 0.6 is 0 Å². The SMILES string of the molecule is CC/C=C\CCCC(=O)N(C)CCCCO[N+](=O)[O-]. The molecule has 0 spiro atoms. The molecule has 0 saturated heterocycles. The van der Waals surface area contributed by atoms with Gasteiger partial charge in [0, 0.05) is 20.0 Å². The summed E-state index contributed by atoms with van der Waals surface area (Å²) >= 11 is 0. The van der Waals surface area contributed by atoms with Crippen molar-refractivity contribution in [3.05, 3.63) is 22.3 Å². The van der Waals surface area contributed by atoms with Gasteiger partial charge >= 0.3 is 0 Å². The van der Waals surface area contributed by atoms with Gasteiger partial charge in [0.25, 0.3) is 5.09 Å². The van der Waals surface area contributed by atoms with Crippen molar-refractivity contribution in [2.75, 3.05) is 20.2 Å². The van der Waals surface area contributed by atoms with E-state index < -0.39 is 5.09 Å². The van der Waals surface area contributed by atoms with Crippen molar-refractivity contribution in [3.8, 4) is 0 Å². The standard InChI is InChI=1S/C13H24N2O4/c1-3-4-5-6-7-10-13(16)14(2)11-8-9-12-19-15(17)18/h4-5H,3,6-12H2,1-2H3/b5-4-. The first-order valence-electron chi connectivity index (χ1n) is 6.74. The predicted octanol–water partition coefficient (Wildman–Crippen LogP) is 2.57. The molecule has 0 rings (SSSR count).